The number of rotatable bonds is 8. The minimum atomic E-state index is -0.451. The van der Waals surface area contributed by atoms with Crippen molar-refractivity contribution in [2.45, 2.75) is 77.0 Å². The van der Waals surface area contributed by atoms with Crippen LogP contribution in [-0.2, 0) is 19.2 Å². The molecule has 1 aromatic carbocycles. The van der Waals surface area contributed by atoms with Gasteiger partial charge in [0.15, 0.2) is 11.5 Å². The van der Waals surface area contributed by atoms with Crippen LogP contribution in [0.3, 0.4) is 0 Å². The zero-order valence-corrected chi connectivity index (χ0v) is 18.7. The van der Waals surface area contributed by atoms with Crippen LogP contribution in [0.5, 0.6) is 23.0 Å². The largest absolute Gasteiger partial charge is 0.428 e. The normalized spacial score (nSPS) is 19.4. The molecule has 33 heavy (non-hydrogen) atoms. The second kappa shape index (κ2) is 10.8. The summed E-state index contributed by atoms with van der Waals surface area (Å²) < 4.78 is 21.9. The van der Waals surface area contributed by atoms with E-state index < -0.39 is 17.9 Å². The maximum atomic E-state index is 12.8. The molecule has 4 rings (SSSR count). The molecule has 0 heterocycles. The lowest BCUT2D eigenvalue weighted by Crippen LogP contribution is -2.22. The van der Waals surface area contributed by atoms with Crippen LogP contribution in [0.4, 0.5) is 0 Å². The van der Waals surface area contributed by atoms with E-state index in [9.17, 15) is 19.2 Å². The smallest absolute Gasteiger partial charge is 0.314 e. The van der Waals surface area contributed by atoms with E-state index in [2.05, 4.69) is 0 Å². The Hall–Kier alpha value is -2.90. The molecule has 0 bridgehead atoms. The summed E-state index contributed by atoms with van der Waals surface area (Å²) in [6, 6.07) is 2.62. The number of carbonyl (C=O) groups excluding carboxylic acids is 4. The molecule has 0 radical (unpaired) electrons. The average Bonchev–Trinajstić information content (AvgIpc) is 3.59. The molecular formula is C25H30O8. The van der Waals surface area contributed by atoms with Crippen LogP contribution in [0.25, 0.3) is 0 Å². The van der Waals surface area contributed by atoms with Crippen molar-refractivity contribution < 1.29 is 38.1 Å². The molecule has 0 aromatic heterocycles. The van der Waals surface area contributed by atoms with E-state index >= 15 is 0 Å². The molecule has 0 saturated heterocycles. The van der Waals surface area contributed by atoms with Crippen molar-refractivity contribution in [2.75, 3.05) is 0 Å². The van der Waals surface area contributed by atoms with Gasteiger partial charge in [0.2, 0.25) is 5.75 Å². The number of carbonyl (C=O) groups is 4. The summed E-state index contributed by atoms with van der Waals surface area (Å²) >= 11 is 0. The molecule has 8 heteroatoms. The molecule has 0 spiro atoms. The molecule has 0 amide bonds. The Bertz CT molecular complexity index is 839. The van der Waals surface area contributed by atoms with Gasteiger partial charge in [0.05, 0.1) is 17.8 Å². The maximum Gasteiger partial charge on any atom is 0.314 e. The molecule has 3 aliphatic rings. The summed E-state index contributed by atoms with van der Waals surface area (Å²) in [4.78, 5) is 49.3. The summed E-state index contributed by atoms with van der Waals surface area (Å²) in [7, 11) is 0. The molecule has 3 aliphatic carbocycles. The first-order valence-electron chi connectivity index (χ1n) is 12.0. The maximum absolute atomic E-state index is 12.8. The Balaban J connectivity index is 1.66. The van der Waals surface area contributed by atoms with Crippen molar-refractivity contribution in [1.29, 1.82) is 0 Å². The summed E-state index contributed by atoms with van der Waals surface area (Å²) in [6.45, 7) is 0.227. The van der Waals surface area contributed by atoms with Crippen molar-refractivity contribution in [3.8, 4) is 23.0 Å². The van der Waals surface area contributed by atoms with Gasteiger partial charge < -0.3 is 18.9 Å². The molecule has 3 fully saturated rings. The lowest BCUT2D eigenvalue weighted by molar-refractivity contribution is -0.142. The van der Waals surface area contributed by atoms with Crippen LogP contribution < -0.4 is 18.9 Å². The third kappa shape index (κ3) is 5.72. The minimum Gasteiger partial charge on any atom is -0.428 e. The minimum absolute atomic E-state index is 0.0223. The second-order valence-corrected chi connectivity index (χ2v) is 9.17. The fourth-order valence-corrected chi connectivity index (χ4v) is 4.98. The Morgan fingerprint density at radius 1 is 0.636 bits per heavy atom. The molecule has 1 aromatic rings. The first-order valence-corrected chi connectivity index (χ1v) is 12.0. The van der Waals surface area contributed by atoms with Crippen molar-refractivity contribution >= 4 is 24.4 Å². The standard InChI is InChI=1S/C25H30O8/c26-15-30-19-13-20(31-23(27)16-7-1-2-8-16)22(33-25(29)18-11-5-6-12-18)21(14-19)32-24(28)17-9-3-4-10-17/h13-18H,1-12H2. The van der Waals surface area contributed by atoms with Crippen LogP contribution in [0.1, 0.15) is 77.0 Å². The van der Waals surface area contributed by atoms with Gasteiger partial charge in [-0.15, -0.1) is 0 Å². The van der Waals surface area contributed by atoms with E-state index in [1.165, 1.54) is 12.1 Å². The van der Waals surface area contributed by atoms with Gasteiger partial charge in [-0.1, -0.05) is 38.5 Å². The Morgan fingerprint density at radius 2 is 1.00 bits per heavy atom. The zero-order chi connectivity index (χ0) is 23.2. The van der Waals surface area contributed by atoms with Crippen LogP contribution in [0.15, 0.2) is 12.1 Å². The molecule has 0 N–H and O–H groups in total. The fraction of sp³-hybridized carbons (Fsp3) is 0.600. The Kier molecular flexibility index (Phi) is 7.62. The van der Waals surface area contributed by atoms with E-state index in [1.54, 1.807) is 0 Å². The van der Waals surface area contributed by atoms with E-state index in [4.69, 9.17) is 18.9 Å². The van der Waals surface area contributed by atoms with Crippen LogP contribution in [0.2, 0.25) is 0 Å². The van der Waals surface area contributed by atoms with Crippen LogP contribution in [-0.4, -0.2) is 24.4 Å². The quantitative estimate of drug-likeness (QED) is 0.318. The van der Waals surface area contributed by atoms with Gasteiger partial charge in [-0.25, -0.2) is 0 Å². The second-order valence-electron chi connectivity index (χ2n) is 9.17. The van der Waals surface area contributed by atoms with Gasteiger partial charge in [-0.2, -0.15) is 0 Å². The Morgan fingerprint density at radius 3 is 1.36 bits per heavy atom. The molecule has 178 valence electrons. The summed E-state index contributed by atoms with van der Waals surface area (Å²) in [5, 5.41) is 0. The number of ether oxygens (including phenoxy) is 4. The molecule has 0 atom stereocenters. The monoisotopic (exact) mass is 458 g/mol. The topological polar surface area (TPSA) is 105 Å². The highest BCUT2D eigenvalue weighted by Crippen LogP contribution is 2.44. The van der Waals surface area contributed by atoms with Gasteiger partial charge in [0.25, 0.3) is 6.47 Å². The van der Waals surface area contributed by atoms with E-state index in [0.717, 1.165) is 77.0 Å². The highest BCUT2D eigenvalue weighted by atomic mass is 16.6. The molecular weight excluding hydrogens is 428 g/mol. The van der Waals surface area contributed by atoms with Gasteiger partial charge >= 0.3 is 17.9 Å². The molecule has 3 saturated carbocycles. The van der Waals surface area contributed by atoms with Gasteiger partial charge in [0.1, 0.15) is 5.75 Å². The Labute approximate surface area is 192 Å². The van der Waals surface area contributed by atoms with E-state index in [-0.39, 0.29) is 47.2 Å². The van der Waals surface area contributed by atoms with Crippen molar-refractivity contribution in [3.05, 3.63) is 12.1 Å². The summed E-state index contributed by atoms with van der Waals surface area (Å²) in [5.74, 6) is -2.37. The average molecular weight is 459 g/mol. The number of benzene rings is 1. The SMILES string of the molecule is O=COc1cc(OC(=O)C2CCCC2)c(OC(=O)C2CCCC2)c(OC(=O)C2CCCC2)c1. The van der Waals surface area contributed by atoms with Gasteiger partial charge in [-0.05, 0) is 38.5 Å². The van der Waals surface area contributed by atoms with Crippen LogP contribution >= 0.6 is 0 Å². The van der Waals surface area contributed by atoms with E-state index in [1.807, 2.05) is 0 Å². The third-order valence-electron chi connectivity index (χ3n) is 6.87. The van der Waals surface area contributed by atoms with Crippen LogP contribution in [0, 0.1) is 17.8 Å². The predicted octanol–water partition coefficient (Wildman–Crippen LogP) is 4.51. The summed E-state index contributed by atoms with van der Waals surface area (Å²) in [5.41, 5.74) is 0. The third-order valence-corrected chi connectivity index (χ3v) is 6.87. The van der Waals surface area contributed by atoms with Gasteiger partial charge in [-0.3, -0.25) is 19.2 Å². The first kappa shape index (κ1) is 23.3. The molecule has 8 nitrogen and oxygen atoms in total. The number of hydrogen-bond donors (Lipinski definition) is 0. The van der Waals surface area contributed by atoms with E-state index in [0.29, 0.717) is 0 Å². The van der Waals surface area contributed by atoms with Gasteiger partial charge in [0, 0.05) is 12.1 Å². The predicted molar refractivity (Wildman–Crippen MR) is 116 cm³/mol. The fourth-order valence-electron chi connectivity index (χ4n) is 4.98. The number of esters is 3. The number of hydrogen-bond acceptors (Lipinski definition) is 8. The van der Waals surface area contributed by atoms with Crippen molar-refractivity contribution in [1.82, 2.24) is 0 Å². The highest BCUT2D eigenvalue weighted by Gasteiger charge is 2.32. The first-order chi connectivity index (χ1) is 16.0. The van der Waals surface area contributed by atoms with Crippen molar-refractivity contribution in [3.63, 3.8) is 0 Å². The molecule has 0 aliphatic heterocycles. The highest BCUT2D eigenvalue weighted by molar-refractivity contribution is 5.82. The lowest BCUT2D eigenvalue weighted by Gasteiger charge is -2.19. The lowest BCUT2D eigenvalue weighted by atomic mass is 10.1. The van der Waals surface area contributed by atoms with Crippen molar-refractivity contribution in [2.24, 2.45) is 17.8 Å². The zero-order valence-electron chi connectivity index (χ0n) is 18.7. The molecule has 0 unspecified atom stereocenters. The summed E-state index contributed by atoms with van der Waals surface area (Å²) in [6.07, 6.45) is 10.0.